The van der Waals surface area contributed by atoms with Gasteiger partial charge in [-0.1, -0.05) is 41.5 Å². The van der Waals surface area contributed by atoms with Gasteiger partial charge >= 0.3 is 5.97 Å². The second kappa shape index (κ2) is 8.62. The molecule has 1 unspecified atom stereocenters. The molecule has 0 aromatic carbocycles. The molecule has 0 aromatic rings. The molecule has 0 fully saturated rings. The largest absolute Gasteiger partial charge is 0.463 e. The van der Waals surface area contributed by atoms with Gasteiger partial charge in [0.05, 0.1) is 12.7 Å². The molecule has 0 radical (unpaired) electrons. The van der Waals surface area contributed by atoms with Crippen molar-refractivity contribution in [3.8, 4) is 0 Å². The first-order valence-electron chi connectivity index (χ1n) is 7.77. The zero-order valence-electron chi connectivity index (χ0n) is 14.3. The lowest BCUT2D eigenvalue weighted by Gasteiger charge is -2.38. The monoisotopic (exact) mass is 300 g/mol. The highest BCUT2D eigenvalue weighted by molar-refractivity contribution is 6.73. The van der Waals surface area contributed by atoms with Gasteiger partial charge in [0.25, 0.3) is 0 Å². The third-order valence-corrected chi connectivity index (χ3v) is 8.48. The van der Waals surface area contributed by atoms with Crippen LogP contribution in [0.4, 0.5) is 0 Å². The zero-order chi connectivity index (χ0) is 15.8. The van der Waals surface area contributed by atoms with Crippen LogP contribution in [0.5, 0.6) is 0 Å². The number of hydrogen-bond acceptors (Lipinski definition) is 3. The van der Waals surface area contributed by atoms with Crippen LogP contribution in [0.1, 0.15) is 48.5 Å². The summed E-state index contributed by atoms with van der Waals surface area (Å²) in [6.07, 6.45) is 3.35. The molecule has 0 aromatic heterocycles. The van der Waals surface area contributed by atoms with Crippen molar-refractivity contribution in [3.05, 3.63) is 12.2 Å². The van der Waals surface area contributed by atoms with Gasteiger partial charge in [-0.3, -0.25) is 0 Å². The van der Waals surface area contributed by atoms with Gasteiger partial charge < -0.3 is 9.16 Å². The molecular formula is C16H32O3Si. The summed E-state index contributed by atoms with van der Waals surface area (Å²) in [7, 11) is -1.68. The minimum Gasteiger partial charge on any atom is -0.463 e. The summed E-state index contributed by atoms with van der Waals surface area (Å²) >= 11 is 0. The molecule has 118 valence electrons. The zero-order valence-corrected chi connectivity index (χ0v) is 15.3. The Hall–Kier alpha value is -0.613. The normalized spacial score (nSPS) is 14.6. The van der Waals surface area contributed by atoms with Crippen LogP contribution in [0.15, 0.2) is 12.2 Å². The molecule has 0 rings (SSSR count). The van der Waals surface area contributed by atoms with Crippen molar-refractivity contribution in [1.29, 1.82) is 0 Å². The molecule has 0 amide bonds. The third kappa shape index (κ3) is 6.22. The van der Waals surface area contributed by atoms with Crippen LogP contribution in [-0.4, -0.2) is 27.0 Å². The topological polar surface area (TPSA) is 35.5 Å². The molecule has 0 aliphatic carbocycles. The second-order valence-corrected chi connectivity index (χ2v) is 11.0. The van der Waals surface area contributed by atoms with Crippen LogP contribution >= 0.6 is 0 Å². The summed E-state index contributed by atoms with van der Waals surface area (Å²) in [4.78, 5) is 11.5. The molecule has 0 heterocycles. The molecular weight excluding hydrogens is 268 g/mol. The Morgan fingerprint density at radius 2 is 1.60 bits per heavy atom. The highest BCUT2D eigenvalue weighted by Gasteiger charge is 2.35. The maximum absolute atomic E-state index is 11.5. The van der Waals surface area contributed by atoms with Crippen molar-refractivity contribution in [1.82, 2.24) is 0 Å². The van der Waals surface area contributed by atoms with Crippen molar-refractivity contribution >= 4 is 14.3 Å². The summed E-state index contributed by atoms with van der Waals surface area (Å²) in [5, 5.41) is 0. The Morgan fingerprint density at radius 3 is 1.95 bits per heavy atom. The number of esters is 1. The maximum Gasteiger partial charge on any atom is 0.330 e. The van der Waals surface area contributed by atoms with Crippen LogP contribution in [-0.2, 0) is 14.0 Å². The van der Waals surface area contributed by atoms with Crippen molar-refractivity contribution in [3.63, 3.8) is 0 Å². The molecule has 0 spiro atoms. The van der Waals surface area contributed by atoms with E-state index in [1.807, 2.05) is 13.0 Å². The highest BCUT2D eigenvalue weighted by Crippen LogP contribution is 2.31. The lowest BCUT2D eigenvalue weighted by Crippen LogP contribution is -2.43. The fourth-order valence-corrected chi connectivity index (χ4v) is 5.10. The quantitative estimate of drug-likeness (QED) is 0.375. The minimum absolute atomic E-state index is 0.0270. The van der Waals surface area contributed by atoms with E-state index in [0.717, 1.165) is 18.1 Å². The van der Waals surface area contributed by atoms with E-state index in [4.69, 9.17) is 9.16 Å². The van der Waals surface area contributed by atoms with E-state index in [1.165, 1.54) is 6.08 Å². The first kappa shape index (κ1) is 19.4. The van der Waals surface area contributed by atoms with Gasteiger partial charge in [0.15, 0.2) is 8.32 Å². The number of rotatable bonds is 8. The molecule has 4 heteroatoms. The van der Waals surface area contributed by atoms with E-state index < -0.39 is 8.32 Å². The summed E-state index contributed by atoms with van der Waals surface area (Å²) in [5.74, 6) is -0.290. The van der Waals surface area contributed by atoms with Crippen LogP contribution in [0, 0.1) is 5.41 Å². The number of carbonyl (C=O) groups excluding carboxylic acids is 1. The molecule has 1 atom stereocenters. The number of ether oxygens (including phenoxy) is 1. The Labute approximate surface area is 125 Å². The van der Waals surface area contributed by atoms with Gasteiger partial charge in [-0.05, 0) is 36.5 Å². The Bertz CT molecular complexity index is 306. The Kier molecular flexibility index (Phi) is 8.36. The Balaban J connectivity index is 5.04. The SMILES string of the molecule is CCOC(=O)C=CC(O[Si](CC)(CC)CC)C(C)(C)C. The predicted molar refractivity (Wildman–Crippen MR) is 87.3 cm³/mol. The smallest absolute Gasteiger partial charge is 0.330 e. The average Bonchev–Trinajstić information content (AvgIpc) is 2.39. The minimum atomic E-state index is -1.68. The van der Waals surface area contributed by atoms with Crippen molar-refractivity contribution in [2.45, 2.75) is 72.7 Å². The van der Waals surface area contributed by atoms with Crippen molar-refractivity contribution in [2.24, 2.45) is 5.41 Å². The lowest BCUT2D eigenvalue weighted by molar-refractivity contribution is -0.137. The first-order chi connectivity index (χ1) is 9.24. The predicted octanol–water partition coefficient (Wildman–Crippen LogP) is 4.54. The first-order valence-corrected chi connectivity index (χ1v) is 10.3. The van der Waals surface area contributed by atoms with Gasteiger partial charge in [0.1, 0.15) is 0 Å². The van der Waals surface area contributed by atoms with Crippen molar-refractivity contribution in [2.75, 3.05) is 6.61 Å². The molecule has 0 aliphatic rings. The number of hydrogen-bond donors (Lipinski definition) is 0. The van der Waals surface area contributed by atoms with Crippen LogP contribution < -0.4 is 0 Å². The highest BCUT2D eigenvalue weighted by atomic mass is 28.4. The van der Waals surface area contributed by atoms with Gasteiger partial charge in [0, 0.05) is 6.08 Å². The van der Waals surface area contributed by atoms with E-state index >= 15 is 0 Å². The Morgan fingerprint density at radius 1 is 1.10 bits per heavy atom. The third-order valence-electron chi connectivity index (χ3n) is 3.86. The standard InChI is InChI=1S/C16H32O3Si/c1-8-18-15(17)13-12-14(16(5,6)7)19-20(9-2,10-3)11-4/h12-14H,8-11H2,1-7H3. The van der Waals surface area contributed by atoms with E-state index in [0.29, 0.717) is 6.61 Å². The van der Waals surface area contributed by atoms with Gasteiger partial charge in [-0.2, -0.15) is 0 Å². The summed E-state index contributed by atoms with van der Waals surface area (Å²) in [6.45, 7) is 15.3. The summed E-state index contributed by atoms with van der Waals surface area (Å²) < 4.78 is 11.5. The van der Waals surface area contributed by atoms with Crippen LogP contribution in [0.25, 0.3) is 0 Å². The molecule has 0 bridgehead atoms. The summed E-state index contributed by atoms with van der Waals surface area (Å²) in [6, 6.07) is 3.33. The van der Waals surface area contributed by atoms with E-state index in [-0.39, 0.29) is 17.5 Å². The molecule has 0 N–H and O–H groups in total. The van der Waals surface area contributed by atoms with E-state index in [9.17, 15) is 4.79 Å². The fourth-order valence-electron chi connectivity index (χ4n) is 2.13. The molecule has 20 heavy (non-hydrogen) atoms. The lowest BCUT2D eigenvalue weighted by atomic mass is 9.89. The molecule has 0 saturated carbocycles. The fraction of sp³-hybridized carbons (Fsp3) is 0.812. The molecule has 0 saturated heterocycles. The summed E-state index contributed by atoms with van der Waals surface area (Å²) in [5.41, 5.74) is -0.0270. The van der Waals surface area contributed by atoms with Crippen molar-refractivity contribution < 1.29 is 14.0 Å². The average molecular weight is 301 g/mol. The van der Waals surface area contributed by atoms with E-state index in [2.05, 4.69) is 41.5 Å². The molecule has 0 aliphatic heterocycles. The van der Waals surface area contributed by atoms with Gasteiger partial charge in [0.2, 0.25) is 0 Å². The van der Waals surface area contributed by atoms with Crippen LogP contribution in [0.2, 0.25) is 18.1 Å². The van der Waals surface area contributed by atoms with Crippen LogP contribution in [0.3, 0.4) is 0 Å². The second-order valence-electron chi connectivity index (χ2n) is 6.26. The van der Waals surface area contributed by atoms with Gasteiger partial charge in [-0.25, -0.2) is 4.79 Å². The number of carbonyl (C=O) groups is 1. The molecule has 3 nitrogen and oxygen atoms in total. The maximum atomic E-state index is 11.5. The van der Waals surface area contributed by atoms with E-state index in [1.54, 1.807) is 0 Å². The van der Waals surface area contributed by atoms with Gasteiger partial charge in [-0.15, -0.1) is 0 Å².